The predicted molar refractivity (Wildman–Crippen MR) is 87.1 cm³/mol. The fourth-order valence-electron chi connectivity index (χ4n) is 2.19. The quantitative estimate of drug-likeness (QED) is 0.794. The predicted octanol–water partition coefficient (Wildman–Crippen LogP) is 2.89. The van der Waals surface area contributed by atoms with Crippen LogP contribution in [0.4, 0.5) is 11.5 Å². The Bertz CT molecular complexity index is 554. The van der Waals surface area contributed by atoms with Gasteiger partial charge in [0, 0.05) is 39.1 Å². The lowest BCUT2D eigenvalue weighted by atomic mass is 10.2. The van der Waals surface area contributed by atoms with Gasteiger partial charge in [-0.3, -0.25) is 0 Å². The maximum Gasteiger partial charge on any atom is 0.132 e. The van der Waals surface area contributed by atoms with Gasteiger partial charge in [0.25, 0.3) is 0 Å². The second-order valence-electron chi connectivity index (χ2n) is 5.04. The van der Waals surface area contributed by atoms with Crippen LogP contribution in [0.2, 0.25) is 0 Å². The first-order chi connectivity index (χ1) is 10.2. The average molecular weight is 285 g/mol. The number of hydrogen-bond donors (Lipinski definition) is 1. The van der Waals surface area contributed by atoms with Gasteiger partial charge in [0.1, 0.15) is 5.82 Å². The number of rotatable bonds is 7. The second kappa shape index (κ2) is 7.76. The molecule has 0 spiro atoms. The molecule has 0 bridgehead atoms. The standard InChI is InChI=1S/C17H23N3O/c1-14-6-4-5-7-16(14)20(2)17-9-8-15(13-19-17)12-18-10-11-21-3/h4-9,13,18H,10-12H2,1-3H3. The summed E-state index contributed by atoms with van der Waals surface area (Å²) in [6.45, 7) is 4.49. The van der Waals surface area contributed by atoms with E-state index in [4.69, 9.17) is 4.74 Å². The lowest BCUT2D eigenvalue weighted by molar-refractivity contribution is 0.199. The van der Waals surface area contributed by atoms with Crippen molar-refractivity contribution < 1.29 is 4.74 Å². The molecule has 0 aliphatic carbocycles. The summed E-state index contributed by atoms with van der Waals surface area (Å²) in [4.78, 5) is 6.66. The molecule has 2 rings (SSSR count). The van der Waals surface area contributed by atoms with Crippen LogP contribution in [0.3, 0.4) is 0 Å². The molecule has 0 unspecified atom stereocenters. The van der Waals surface area contributed by atoms with E-state index >= 15 is 0 Å². The lowest BCUT2D eigenvalue weighted by Gasteiger charge is -2.20. The van der Waals surface area contributed by atoms with Crippen LogP contribution in [0.15, 0.2) is 42.6 Å². The number of ether oxygens (including phenoxy) is 1. The SMILES string of the molecule is COCCNCc1ccc(N(C)c2ccccc2C)nc1. The zero-order valence-corrected chi connectivity index (χ0v) is 13.0. The second-order valence-corrected chi connectivity index (χ2v) is 5.04. The van der Waals surface area contributed by atoms with Crippen LogP contribution in [0.25, 0.3) is 0 Å². The number of anilines is 2. The highest BCUT2D eigenvalue weighted by Crippen LogP contribution is 2.24. The number of nitrogens with zero attached hydrogens (tertiary/aromatic N) is 2. The highest BCUT2D eigenvalue weighted by molar-refractivity contribution is 5.62. The van der Waals surface area contributed by atoms with Crippen molar-refractivity contribution in [3.05, 3.63) is 53.7 Å². The van der Waals surface area contributed by atoms with Crippen molar-refractivity contribution in [3.63, 3.8) is 0 Å². The van der Waals surface area contributed by atoms with Gasteiger partial charge in [-0.1, -0.05) is 24.3 Å². The van der Waals surface area contributed by atoms with Gasteiger partial charge in [-0.15, -0.1) is 0 Å². The van der Waals surface area contributed by atoms with Gasteiger partial charge in [-0.25, -0.2) is 4.98 Å². The molecule has 1 aromatic heterocycles. The van der Waals surface area contributed by atoms with E-state index in [1.165, 1.54) is 16.8 Å². The van der Waals surface area contributed by atoms with Crippen LogP contribution in [0.1, 0.15) is 11.1 Å². The monoisotopic (exact) mass is 285 g/mol. The Morgan fingerprint density at radius 3 is 2.67 bits per heavy atom. The summed E-state index contributed by atoms with van der Waals surface area (Å²) < 4.78 is 5.01. The number of methoxy groups -OCH3 is 1. The van der Waals surface area contributed by atoms with Gasteiger partial charge in [0.15, 0.2) is 0 Å². The number of hydrogen-bond acceptors (Lipinski definition) is 4. The molecule has 0 atom stereocenters. The average Bonchev–Trinajstić information content (AvgIpc) is 2.52. The summed E-state index contributed by atoms with van der Waals surface area (Å²) in [6.07, 6.45) is 1.92. The van der Waals surface area contributed by atoms with Crippen LogP contribution >= 0.6 is 0 Å². The number of pyridine rings is 1. The maximum absolute atomic E-state index is 5.01. The van der Waals surface area contributed by atoms with E-state index in [1.807, 2.05) is 19.3 Å². The third-order valence-corrected chi connectivity index (χ3v) is 3.44. The Morgan fingerprint density at radius 2 is 2.00 bits per heavy atom. The molecule has 1 heterocycles. The first-order valence-electron chi connectivity index (χ1n) is 7.16. The Labute approximate surface area is 126 Å². The summed E-state index contributed by atoms with van der Waals surface area (Å²) in [5, 5.41) is 3.31. The molecule has 0 saturated heterocycles. The summed E-state index contributed by atoms with van der Waals surface area (Å²) in [6, 6.07) is 12.5. The molecule has 0 fully saturated rings. The highest BCUT2D eigenvalue weighted by Gasteiger charge is 2.07. The van der Waals surface area contributed by atoms with E-state index in [0.29, 0.717) is 0 Å². The zero-order chi connectivity index (χ0) is 15.1. The molecule has 1 aromatic carbocycles. The summed E-state index contributed by atoms with van der Waals surface area (Å²) in [7, 11) is 3.75. The van der Waals surface area contributed by atoms with Crippen molar-refractivity contribution in [2.24, 2.45) is 0 Å². The highest BCUT2D eigenvalue weighted by atomic mass is 16.5. The molecular formula is C17H23N3O. The number of aryl methyl sites for hydroxylation is 1. The fourth-order valence-corrected chi connectivity index (χ4v) is 2.19. The summed E-state index contributed by atoms with van der Waals surface area (Å²) in [5.74, 6) is 0.949. The molecule has 1 N–H and O–H groups in total. The van der Waals surface area contributed by atoms with Crippen LogP contribution in [0, 0.1) is 6.92 Å². The van der Waals surface area contributed by atoms with Crippen molar-refractivity contribution in [2.45, 2.75) is 13.5 Å². The minimum atomic E-state index is 0.724. The first-order valence-corrected chi connectivity index (χ1v) is 7.16. The van der Waals surface area contributed by atoms with Crippen LogP contribution in [-0.2, 0) is 11.3 Å². The Hall–Kier alpha value is -1.91. The Kier molecular flexibility index (Phi) is 5.72. The molecule has 21 heavy (non-hydrogen) atoms. The van der Waals surface area contributed by atoms with Crippen LogP contribution in [-0.4, -0.2) is 32.3 Å². The number of para-hydroxylation sites is 1. The fraction of sp³-hybridized carbons (Fsp3) is 0.353. The molecule has 0 radical (unpaired) electrons. The number of nitrogens with one attached hydrogen (secondary N) is 1. The lowest BCUT2D eigenvalue weighted by Crippen LogP contribution is -2.19. The van der Waals surface area contributed by atoms with Gasteiger partial charge >= 0.3 is 0 Å². The molecule has 4 nitrogen and oxygen atoms in total. The molecule has 2 aromatic rings. The molecule has 4 heteroatoms. The van der Waals surface area contributed by atoms with E-state index in [2.05, 4.69) is 52.5 Å². The Morgan fingerprint density at radius 1 is 1.19 bits per heavy atom. The smallest absolute Gasteiger partial charge is 0.132 e. The maximum atomic E-state index is 5.01. The zero-order valence-electron chi connectivity index (χ0n) is 13.0. The van der Waals surface area contributed by atoms with Gasteiger partial charge in [0.05, 0.1) is 6.61 Å². The molecular weight excluding hydrogens is 262 g/mol. The number of aromatic nitrogens is 1. The third-order valence-electron chi connectivity index (χ3n) is 3.44. The molecule has 0 aliphatic rings. The topological polar surface area (TPSA) is 37.4 Å². The van der Waals surface area contributed by atoms with Crippen molar-refractivity contribution >= 4 is 11.5 Å². The molecule has 0 saturated carbocycles. The minimum absolute atomic E-state index is 0.724. The molecule has 0 aliphatic heterocycles. The minimum Gasteiger partial charge on any atom is -0.383 e. The van der Waals surface area contributed by atoms with Crippen molar-refractivity contribution in [2.75, 3.05) is 32.2 Å². The molecule has 0 amide bonds. The largest absolute Gasteiger partial charge is 0.383 e. The normalized spacial score (nSPS) is 10.6. The van der Waals surface area contributed by atoms with Crippen LogP contribution in [0.5, 0.6) is 0 Å². The van der Waals surface area contributed by atoms with E-state index in [1.54, 1.807) is 7.11 Å². The third kappa shape index (κ3) is 4.28. The van der Waals surface area contributed by atoms with Gasteiger partial charge < -0.3 is 15.0 Å². The van der Waals surface area contributed by atoms with Crippen molar-refractivity contribution in [3.8, 4) is 0 Å². The van der Waals surface area contributed by atoms with Gasteiger partial charge in [-0.2, -0.15) is 0 Å². The number of benzene rings is 1. The van der Waals surface area contributed by atoms with Gasteiger partial charge in [0.2, 0.25) is 0 Å². The van der Waals surface area contributed by atoms with E-state index in [0.717, 1.165) is 25.5 Å². The van der Waals surface area contributed by atoms with E-state index in [-0.39, 0.29) is 0 Å². The van der Waals surface area contributed by atoms with E-state index in [9.17, 15) is 0 Å². The van der Waals surface area contributed by atoms with Gasteiger partial charge in [-0.05, 0) is 30.2 Å². The molecule has 112 valence electrons. The summed E-state index contributed by atoms with van der Waals surface area (Å²) >= 11 is 0. The van der Waals surface area contributed by atoms with E-state index < -0.39 is 0 Å². The first kappa shape index (κ1) is 15.5. The van der Waals surface area contributed by atoms with Crippen molar-refractivity contribution in [1.82, 2.24) is 10.3 Å². The Balaban J connectivity index is 2.00. The van der Waals surface area contributed by atoms with Crippen molar-refractivity contribution in [1.29, 1.82) is 0 Å². The summed E-state index contributed by atoms with van der Waals surface area (Å²) in [5.41, 5.74) is 3.59. The van der Waals surface area contributed by atoms with Crippen LogP contribution < -0.4 is 10.2 Å².